The Morgan fingerprint density at radius 2 is 2.29 bits per heavy atom. The number of phenolic OH excluding ortho intramolecular Hbond substituents is 1. The van der Waals surface area contributed by atoms with Crippen LogP contribution < -0.4 is 5.43 Å². The number of nitrogens with one attached hydrogen (secondary N) is 1. The molecule has 17 heavy (non-hydrogen) atoms. The molecule has 0 aromatic heterocycles. The quantitative estimate of drug-likeness (QED) is 0.479. The van der Waals surface area contributed by atoms with Crippen molar-refractivity contribution in [3.05, 3.63) is 41.3 Å². The number of benzene rings is 1. The number of amides is 1. The Kier molecular flexibility index (Phi) is 5.88. The highest BCUT2D eigenvalue weighted by atomic mass is 32.2. The molecule has 90 valence electrons. The molecule has 1 amide bonds. The van der Waals surface area contributed by atoms with Gasteiger partial charge in [0.1, 0.15) is 5.75 Å². The van der Waals surface area contributed by atoms with Crippen LogP contribution >= 0.6 is 11.8 Å². The lowest BCUT2D eigenvalue weighted by atomic mass is 10.2. The van der Waals surface area contributed by atoms with E-state index in [0.29, 0.717) is 5.75 Å². The van der Waals surface area contributed by atoms with Crippen LogP contribution in [0.2, 0.25) is 0 Å². The summed E-state index contributed by atoms with van der Waals surface area (Å²) in [6.45, 7) is 1.93. The van der Waals surface area contributed by atoms with E-state index in [1.807, 2.05) is 18.4 Å². The van der Waals surface area contributed by atoms with Gasteiger partial charge >= 0.3 is 0 Å². The molecule has 0 heterocycles. The minimum Gasteiger partial charge on any atom is -0.507 e. The molecular formula is C12H14N2O2S. The minimum absolute atomic E-state index is 0.0523. The van der Waals surface area contributed by atoms with E-state index in [4.69, 9.17) is 0 Å². The van der Waals surface area contributed by atoms with Crippen molar-refractivity contribution in [3.8, 4) is 5.75 Å². The van der Waals surface area contributed by atoms with Crippen LogP contribution in [0.5, 0.6) is 5.75 Å². The fraction of sp³-hybridized carbons (Fsp3) is 0.167. The standard InChI is InChI=1S/C12H14N2O2S/c1-2-8-17-9-7-13-14-12(16)10-5-3-4-6-11(10)15/h2-8,15H,9H2,1H3,(H,14,16)/b8-2-,13-7+. The summed E-state index contributed by atoms with van der Waals surface area (Å²) in [7, 11) is 0. The molecule has 4 nitrogen and oxygen atoms in total. The highest BCUT2D eigenvalue weighted by molar-refractivity contribution is 8.02. The van der Waals surface area contributed by atoms with Gasteiger partial charge in [0.05, 0.1) is 5.56 Å². The molecule has 0 aliphatic rings. The summed E-state index contributed by atoms with van der Waals surface area (Å²) in [6, 6.07) is 6.33. The number of allylic oxidation sites excluding steroid dienone is 1. The average Bonchev–Trinajstić information content (AvgIpc) is 2.34. The molecule has 5 heteroatoms. The zero-order valence-electron chi connectivity index (χ0n) is 9.46. The predicted octanol–water partition coefficient (Wildman–Crippen LogP) is 2.37. The molecule has 0 fully saturated rings. The Morgan fingerprint density at radius 3 is 3.00 bits per heavy atom. The number of hydrazone groups is 1. The van der Waals surface area contributed by atoms with Crippen molar-refractivity contribution in [2.24, 2.45) is 5.10 Å². The highest BCUT2D eigenvalue weighted by Crippen LogP contribution is 2.14. The van der Waals surface area contributed by atoms with Crippen LogP contribution in [0.1, 0.15) is 17.3 Å². The number of carbonyl (C=O) groups is 1. The molecule has 1 rings (SSSR count). The first-order valence-electron chi connectivity index (χ1n) is 5.08. The second-order valence-corrected chi connectivity index (χ2v) is 4.01. The molecule has 0 atom stereocenters. The summed E-state index contributed by atoms with van der Waals surface area (Å²) in [5, 5.41) is 15.1. The summed E-state index contributed by atoms with van der Waals surface area (Å²) < 4.78 is 0. The maximum atomic E-state index is 11.5. The monoisotopic (exact) mass is 250 g/mol. The summed E-state index contributed by atoms with van der Waals surface area (Å²) in [5.74, 6) is 0.213. The third kappa shape index (κ3) is 4.74. The van der Waals surface area contributed by atoms with Crippen LogP contribution in [0.3, 0.4) is 0 Å². The van der Waals surface area contributed by atoms with E-state index >= 15 is 0 Å². The summed E-state index contributed by atoms with van der Waals surface area (Å²) >= 11 is 1.57. The molecule has 1 aromatic carbocycles. The molecule has 0 saturated heterocycles. The molecule has 1 aromatic rings. The fourth-order valence-electron chi connectivity index (χ4n) is 1.06. The lowest BCUT2D eigenvalue weighted by Gasteiger charge is -2.01. The van der Waals surface area contributed by atoms with Gasteiger partial charge in [0.2, 0.25) is 0 Å². The second kappa shape index (κ2) is 7.51. The smallest absolute Gasteiger partial charge is 0.275 e. The fourth-order valence-corrected chi connectivity index (χ4v) is 1.53. The molecular weight excluding hydrogens is 236 g/mol. The maximum absolute atomic E-state index is 11.5. The van der Waals surface area contributed by atoms with Crippen LogP contribution in [0.15, 0.2) is 40.9 Å². The number of thioether (sulfide) groups is 1. The summed E-state index contributed by atoms with van der Waals surface area (Å²) in [5.41, 5.74) is 2.56. The van der Waals surface area contributed by atoms with Gasteiger partial charge in [-0.1, -0.05) is 18.2 Å². The van der Waals surface area contributed by atoms with Gasteiger partial charge in [0.25, 0.3) is 5.91 Å². The van der Waals surface area contributed by atoms with Crippen molar-refractivity contribution in [1.29, 1.82) is 0 Å². The van der Waals surface area contributed by atoms with E-state index in [1.165, 1.54) is 12.1 Å². The molecule has 0 radical (unpaired) electrons. The molecule has 0 spiro atoms. The Bertz CT molecular complexity index is 430. The molecule has 0 bridgehead atoms. The van der Waals surface area contributed by atoms with Crippen LogP contribution in [0, 0.1) is 0 Å². The van der Waals surface area contributed by atoms with Gasteiger partial charge in [-0.25, -0.2) is 5.43 Å². The van der Waals surface area contributed by atoms with Crippen molar-refractivity contribution in [1.82, 2.24) is 5.43 Å². The van der Waals surface area contributed by atoms with E-state index in [2.05, 4.69) is 10.5 Å². The van der Waals surface area contributed by atoms with Gasteiger partial charge < -0.3 is 5.11 Å². The number of phenols is 1. The highest BCUT2D eigenvalue weighted by Gasteiger charge is 2.08. The Labute approximate surface area is 104 Å². The molecule has 0 aliphatic heterocycles. The van der Waals surface area contributed by atoms with Crippen molar-refractivity contribution in [2.45, 2.75) is 6.92 Å². The molecule has 2 N–H and O–H groups in total. The van der Waals surface area contributed by atoms with Crippen LogP contribution in [-0.4, -0.2) is 23.0 Å². The van der Waals surface area contributed by atoms with E-state index in [9.17, 15) is 9.90 Å². The topological polar surface area (TPSA) is 61.7 Å². The van der Waals surface area contributed by atoms with Crippen molar-refractivity contribution < 1.29 is 9.90 Å². The van der Waals surface area contributed by atoms with Gasteiger partial charge in [-0.3, -0.25) is 4.79 Å². The predicted molar refractivity (Wildman–Crippen MR) is 71.3 cm³/mol. The van der Waals surface area contributed by atoms with E-state index in [-0.39, 0.29) is 11.3 Å². The number of aromatic hydroxyl groups is 1. The Hall–Kier alpha value is -1.75. The van der Waals surface area contributed by atoms with Crippen molar-refractivity contribution in [2.75, 3.05) is 5.75 Å². The van der Waals surface area contributed by atoms with Gasteiger partial charge in [0, 0.05) is 12.0 Å². The third-order valence-electron chi connectivity index (χ3n) is 1.81. The first-order chi connectivity index (χ1) is 8.25. The van der Waals surface area contributed by atoms with Gasteiger partial charge in [-0.05, 0) is 24.5 Å². The number of rotatable bonds is 5. The number of hydrogen-bond donors (Lipinski definition) is 2. The zero-order chi connectivity index (χ0) is 12.5. The third-order valence-corrected chi connectivity index (χ3v) is 2.62. The van der Waals surface area contributed by atoms with Gasteiger partial charge in [-0.2, -0.15) is 5.10 Å². The molecule has 0 aliphatic carbocycles. The maximum Gasteiger partial charge on any atom is 0.275 e. The minimum atomic E-state index is -0.421. The largest absolute Gasteiger partial charge is 0.507 e. The van der Waals surface area contributed by atoms with E-state index in [1.54, 1.807) is 30.1 Å². The Morgan fingerprint density at radius 1 is 1.53 bits per heavy atom. The van der Waals surface area contributed by atoms with Gasteiger partial charge in [0.15, 0.2) is 0 Å². The van der Waals surface area contributed by atoms with Crippen LogP contribution in [-0.2, 0) is 0 Å². The first kappa shape index (κ1) is 13.3. The lowest BCUT2D eigenvalue weighted by Crippen LogP contribution is -2.17. The number of hydrogen-bond acceptors (Lipinski definition) is 4. The SMILES string of the molecule is C/C=C\SC/C=N/NC(=O)c1ccccc1O. The zero-order valence-corrected chi connectivity index (χ0v) is 10.3. The van der Waals surface area contributed by atoms with Crippen LogP contribution in [0.4, 0.5) is 0 Å². The second-order valence-electron chi connectivity index (χ2n) is 3.07. The molecule has 0 unspecified atom stereocenters. The normalized spacial score (nSPS) is 11.1. The average molecular weight is 250 g/mol. The number of carbonyl (C=O) groups excluding carboxylic acids is 1. The van der Waals surface area contributed by atoms with Crippen molar-refractivity contribution >= 4 is 23.9 Å². The summed E-state index contributed by atoms with van der Waals surface area (Å²) in [6.07, 6.45) is 3.53. The van der Waals surface area contributed by atoms with E-state index < -0.39 is 5.91 Å². The number of para-hydroxylation sites is 1. The lowest BCUT2D eigenvalue weighted by molar-refractivity contribution is 0.0952. The van der Waals surface area contributed by atoms with Crippen LogP contribution in [0.25, 0.3) is 0 Å². The number of nitrogens with zero attached hydrogens (tertiary/aromatic N) is 1. The van der Waals surface area contributed by atoms with Gasteiger partial charge in [-0.15, -0.1) is 11.8 Å². The Balaban J connectivity index is 2.42. The summed E-state index contributed by atoms with van der Waals surface area (Å²) in [4.78, 5) is 11.5. The van der Waals surface area contributed by atoms with Crippen molar-refractivity contribution in [3.63, 3.8) is 0 Å². The first-order valence-corrected chi connectivity index (χ1v) is 6.13. The molecule has 0 saturated carbocycles. The van der Waals surface area contributed by atoms with E-state index in [0.717, 1.165) is 0 Å².